The minimum absolute atomic E-state index is 0.0323. The fraction of sp³-hybridized carbons (Fsp3) is 0.391. The molecule has 1 unspecified atom stereocenters. The number of carbonyl (C=O) groups is 2. The van der Waals surface area contributed by atoms with E-state index < -0.39 is 15.9 Å². The van der Waals surface area contributed by atoms with Gasteiger partial charge in [0.15, 0.2) is 0 Å². The van der Waals surface area contributed by atoms with Crippen LogP contribution in [0.15, 0.2) is 53.4 Å². The molecule has 0 spiro atoms. The van der Waals surface area contributed by atoms with Crippen molar-refractivity contribution < 1.29 is 18.0 Å². The Kier molecular flexibility index (Phi) is 7.12. The molecule has 166 valence electrons. The highest BCUT2D eigenvalue weighted by Gasteiger charge is 2.33. The van der Waals surface area contributed by atoms with Crippen LogP contribution >= 0.6 is 0 Å². The Balaban J connectivity index is 1.74. The summed E-state index contributed by atoms with van der Waals surface area (Å²) in [4.78, 5) is 25.6. The molecule has 1 heterocycles. The molecule has 3 rings (SSSR count). The summed E-state index contributed by atoms with van der Waals surface area (Å²) in [5, 5.41) is 5.66. The molecule has 1 aliphatic rings. The number of para-hydroxylation sites is 1. The smallest absolute Gasteiger partial charge is 0.253 e. The fourth-order valence-corrected chi connectivity index (χ4v) is 5.12. The minimum Gasteiger partial charge on any atom is -0.350 e. The monoisotopic (exact) mass is 443 g/mol. The van der Waals surface area contributed by atoms with Gasteiger partial charge in [0.25, 0.3) is 5.91 Å². The molecule has 7 nitrogen and oxygen atoms in total. The number of hydrogen-bond donors (Lipinski definition) is 2. The topological polar surface area (TPSA) is 95.6 Å². The number of nitrogens with one attached hydrogen (secondary N) is 2. The van der Waals surface area contributed by atoms with Gasteiger partial charge in [-0.2, -0.15) is 4.31 Å². The summed E-state index contributed by atoms with van der Waals surface area (Å²) in [6.07, 6.45) is 1.19. The van der Waals surface area contributed by atoms with E-state index in [9.17, 15) is 18.0 Å². The molecule has 2 aromatic carbocycles. The van der Waals surface area contributed by atoms with Gasteiger partial charge in [-0.25, -0.2) is 8.42 Å². The molecule has 1 fully saturated rings. The van der Waals surface area contributed by atoms with Crippen molar-refractivity contribution in [1.29, 1.82) is 0 Å². The van der Waals surface area contributed by atoms with Gasteiger partial charge in [-0.3, -0.25) is 9.59 Å². The Morgan fingerprint density at radius 3 is 2.42 bits per heavy atom. The van der Waals surface area contributed by atoms with Crippen molar-refractivity contribution in [3.8, 4) is 0 Å². The molecule has 0 aromatic heterocycles. The van der Waals surface area contributed by atoms with Crippen LogP contribution in [0.25, 0.3) is 0 Å². The van der Waals surface area contributed by atoms with Crippen molar-refractivity contribution in [2.45, 2.75) is 44.6 Å². The van der Waals surface area contributed by atoms with E-state index in [4.69, 9.17) is 0 Å². The van der Waals surface area contributed by atoms with E-state index >= 15 is 0 Å². The van der Waals surface area contributed by atoms with Crippen LogP contribution in [0.5, 0.6) is 0 Å². The molecule has 0 radical (unpaired) electrons. The molecule has 1 atom stereocenters. The maximum Gasteiger partial charge on any atom is 0.253 e. The van der Waals surface area contributed by atoms with Crippen LogP contribution in [-0.2, 0) is 14.8 Å². The predicted molar refractivity (Wildman–Crippen MR) is 120 cm³/mol. The minimum atomic E-state index is -3.66. The molecule has 2 aromatic rings. The quantitative estimate of drug-likeness (QED) is 0.717. The summed E-state index contributed by atoms with van der Waals surface area (Å²) in [6, 6.07) is 13.5. The second kappa shape index (κ2) is 9.62. The first-order valence-electron chi connectivity index (χ1n) is 10.5. The number of aryl methyl sites for hydroxylation is 1. The lowest BCUT2D eigenvalue weighted by atomic mass is 9.98. The standard InChI is InChI=1S/C23H29N3O4S/c1-16(2)24-23(28)20-8-4-5-9-21(20)25-22(27)18-7-6-14-26(15-18)31(29,30)19-12-10-17(3)11-13-19/h4-5,8-13,16,18H,6-7,14-15H2,1-3H3,(H,24,28)(H,25,27). The summed E-state index contributed by atoms with van der Waals surface area (Å²) < 4.78 is 27.4. The van der Waals surface area contributed by atoms with Crippen LogP contribution in [0.3, 0.4) is 0 Å². The number of hydrogen-bond acceptors (Lipinski definition) is 4. The Morgan fingerprint density at radius 2 is 1.74 bits per heavy atom. The van der Waals surface area contributed by atoms with Crippen LogP contribution in [0.4, 0.5) is 5.69 Å². The SMILES string of the molecule is Cc1ccc(S(=O)(=O)N2CCCC(C(=O)Nc3ccccc3C(=O)NC(C)C)C2)cc1. The Morgan fingerprint density at radius 1 is 1.06 bits per heavy atom. The number of benzene rings is 2. The average Bonchev–Trinajstić information content (AvgIpc) is 2.74. The van der Waals surface area contributed by atoms with E-state index in [0.717, 1.165) is 5.56 Å². The third-order valence-corrected chi connectivity index (χ3v) is 7.14. The summed E-state index contributed by atoms with van der Waals surface area (Å²) in [7, 11) is -3.66. The van der Waals surface area contributed by atoms with Crippen LogP contribution in [0.2, 0.25) is 0 Å². The van der Waals surface area contributed by atoms with Gasteiger partial charge in [-0.05, 0) is 57.9 Å². The van der Waals surface area contributed by atoms with Gasteiger partial charge in [-0.15, -0.1) is 0 Å². The van der Waals surface area contributed by atoms with Crippen molar-refractivity contribution in [2.75, 3.05) is 18.4 Å². The molecular formula is C23H29N3O4S. The zero-order valence-corrected chi connectivity index (χ0v) is 18.9. The molecule has 1 aliphatic heterocycles. The zero-order valence-electron chi connectivity index (χ0n) is 18.1. The first-order valence-corrected chi connectivity index (χ1v) is 11.9. The van der Waals surface area contributed by atoms with E-state index in [0.29, 0.717) is 30.6 Å². The van der Waals surface area contributed by atoms with Crippen LogP contribution in [0.1, 0.15) is 42.6 Å². The van der Waals surface area contributed by atoms with E-state index in [1.165, 1.54) is 4.31 Å². The van der Waals surface area contributed by atoms with Gasteiger partial charge in [-0.1, -0.05) is 29.8 Å². The molecule has 1 saturated heterocycles. The van der Waals surface area contributed by atoms with Gasteiger partial charge in [0, 0.05) is 19.1 Å². The Hall–Kier alpha value is -2.71. The third kappa shape index (κ3) is 5.51. The first kappa shape index (κ1) is 23.0. The van der Waals surface area contributed by atoms with Gasteiger partial charge >= 0.3 is 0 Å². The van der Waals surface area contributed by atoms with E-state index in [2.05, 4.69) is 10.6 Å². The maximum absolute atomic E-state index is 13.0. The summed E-state index contributed by atoms with van der Waals surface area (Å²) in [5.74, 6) is -1.04. The van der Waals surface area contributed by atoms with E-state index in [1.807, 2.05) is 20.8 Å². The molecule has 0 bridgehead atoms. The lowest BCUT2D eigenvalue weighted by Gasteiger charge is -2.31. The normalized spacial score (nSPS) is 17.4. The predicted octanol–water partition coefficient (Wildman–Crippen LogP) is 3.17. The molecule has 31 heavy (non-hydrogen) atoms. The number of amides is 2. The summed E-state index contributed by atoms with van der Waals surface area (Å²) >= 11 is 0. The molecule has 2 amide bonds. The zero-order chi connectivity index (χ0) is 22.6. The first-order chi connectivity index (χ1) is 14.7. The molecule has 0 saturated carbocycles. The van der Waals surface area contributed by atoms with Crippen molar-refractivity contribution in [3.63, 3.8) is 0 Å². The average molecular weight is 444 g/mol. The number of piperidine rings is 1. The largest absolute Gasteiger partial charge is 0.350 e. The van der Waals surface area contributed by atoms with Gasteiger partial charge < -0.3 is 10.6 Å². The van der Waals surface area contributed by atoms with Crippen molar-refractivity contribution in [3.05, 3.63) is 59.7 Å². The van der Waals surface area contributed by atoms with Crippen molar-refractivity contribution in [1.82, 2.24) is 9.62 Å². The summed E-state index contributed by atoms with van der Waals surface area (Å²) in [6.45, 7) is 6.13. The Labute approximate surface area is 183 Å². The summed E-state index contributed by atoms with van der Waals surface area (Å²) in [5.41, 5.74) is 1.78. The van der Waals surface area contributed by atoms with Gasteiger partial charge in [0.05, 0.1) is 22.1 Å². The fourth-order valence-electron chi connectivity index (χ4n) is 3.60. The van der Waals surface area contributed by atoms with Gasteiger partial charge in [0.2, 0.25) is 15.9 Å². The van der Waals surface area contributed by atoms with Gasteiger partial charge in [0.1, 0.15) is 0 Å². The van der Waals surface area contributed by atoms with E-state index in [1.54, 1.807) is 48.5 Å². The number of nitrogens with zero attached hydrogens (tertiary/aromatic N) is 1. The van der Waals surface area contributed by atoms with Crippen LogP contribution in [-0.4, -0.2) is 43.7 Å². The third-order valence-electron chi connectivity index (χ3n) is 5.26. The highest BCUT2D eigenvalue weighted by atomic mass is 32.2. The van der Waals surface area contributed by atoms with Crippen molar-refractivity contribution in [2.24, 2.45) is 5.92 Å². The van der Waals surface area contributed by atoms with Crippen molar-refractivity contribution >= 4 is 27.5 Å². The number of rotatable bonds is 6. The molecule has 0 aliphatic carbocycles. The lowest BCUT2D eigenvalue weighted by Crippen LogP contribution is -2.43. The highest BCUT2D eigenvalue weighted by Crippen LogP contribution is 2.25. The second-order valence-electron chi connectivity index (χ2n) is 8.18. The van der Waals surface area contributed by atoms with Crippen LogP contribution < -0.4 is 10.6 Å². The Bertz CT molecular complexity index is 1050. The molecule has 2 N–H and O–H groups in total. The highest BCUT2D eigenvalue weighted by molar-refractivity contribution is 7.89. The number of sulfonamides is 1. The molecule has 8 heteroatoms. The number of carbonyl (C=O) groups excluding carboxylic acids is 2. The second-order valence-corrected chi connectivity index (χ2v) is 10.1. The maximum atomic E-state index is 13.0. The van der Waals surface area contributed by atoms with E-state index in [-0.39, 0.29) is 29.3 Å². The van der Waals surface area contributed by atoms with Crippen LogP contribution in [0, 0.1) is 12.8 Å². The molecular weight excluding hydrogens is 414 g/mol. The lowest BCUT2D eigenvalue weighted by molar-refractivity contribution is -0.120. The number of anilines is 1.